The van der Waals surface area contributed by atoms with Gasteiger partial charge in [0.15, 0.2) is 0 Å². The van der Waals surface area contributed by atoms with Crippen LogP contribution in [0, 0.1) is 0 Å². The van der Waals surface area contributed by atoms with E-state index in [0.717, 1.165) is 19.1 Å². The number of hydrogen-bond donors (Lipinski definition) is 0. The molecular formula is C20H31Br2N3. The van der Waals surface area contributed by atoms with Gasteiger partial charge in [-0.1, -0.05) is 20.8 Å². The predicted octanol–water partition coefficient (Wildman–Crippen LogP) is 4.73. The fraction of sp³-hybridized carbons (Fsp3) is 0.700. The van der Waals surface area contributed by atoms with E-state index >= 15 is 0 Å². The van der Waals surface area contributed by atoms with Gasteiger partial charge in [0.05, 0.1) is 5.69 Å². The zero-order valence-corrected chi connectivity index (χ0v) is 19.2. The van der Waals surface area contributed by atoms with Crippen LogP contribution in [0.5, 0.6) is 0 Å². The Kier molecular flexibility index (Phi) is 6.19. The predicted molar refractivity (Wildman–Crippen MR) is 115 cm³/mol. The SMILES string of the molecule is CN1CCN(C2CCN(c3c(Br)cc(C(C)(C)C)cc3Br)CC2)CC1. The van der Waals surface area contributed by atoms with E-state index in [2.05, 4.69) is 86.5 Å². The first-order chi connectivity index (χ1) is 11.8. The standard InChI is InChI=1S/C20H31Br2N3/c1-20(2,3)15-13-17(21)19(18(22)14-15)25-7-5-16(6-8-25)24-11-9-23(4)10-12-24/h13-14,16H,5-12H2,1-4H3. The zero-order valence-electron chi connectivity index (χ0n) is 16.0. The molecule has 2 aliphatic heterocycles. The second-order valence-electron chi connectivity index (χ2n) is 8.60. The molecule has 0 amide bonds. The van der Waals surface area contributed by atoms with Gasteiger partial charge in [-0.15, -0.1) is 0 Å². The Balaban J connectivity index is 1.67. The number of piperazine rings is 1. The first-order valence-electron chi connectivity index (χ1n) is 9.43. The first kappa shape index (κ1) is 19.7. The van der Waals surface area contributed by atoms with Gasteiger partial charge in [0.1, 0.15) is 0 Å². The summed E-state index contributed by atoms with van der Waals surface area (Å²) in [6.07, 6.45) is 2.53. The van der Waals surface area contributed by atoms with E-state index < -0.39 is 0 Å². The summed E-state index contributed by atoms with van der Waals surface area (Å²) in [5.41, 5.74) is 2.85. The monoisotopic (exact) mass is 471 g/mol. The Labute approximate surface area is 170 Å². The van der Waals surface area contributed by atoms with Crippen LogP contribution in [0.4, 0.5) is 5.69 Å². The van der Waals surface area contributed by atoms with Crippen molar-refractivity contribution in [2.75, 3.05) is 51.2 Å². The fourth-order valence-electron chi connectivity index (χ4n) is 3.94. The molecule has 3 nitrogen and oxygen atoms in total. The van der Waals surface area contributed by atoms with Gasteiger partial charge in [-0.3, -0.25) is 4.90 Å². The molecule has 0 aromatic heterocycles. The lowest BCUT2D eigenvalue weighted by Gasteiger charge is -2.43. The van der Waals surface area contributed by atoms with Crippen molar-refractivity contribution < 1.29 is 0 Å². The van der Waals surface area contributed by atoms with Crippen molar-refractivity contribution in [1.82, 2.24) is 9.80 Å². The van der Waals surface area contributed by atoms with Gasteiger partial charge in [0.2, 0.25) is 0 Å². The second-order valence-corrected chi connectivity index (χ2v) is 10.3. The summed E-state index contributed by atoms with van der Waals surface area (Å²) in [6, 6.07) is 5.36. The summed E-state index contributed by atoms with van der Waals surface area (Å²) in [7, 11) is 2.23. The van der Waals surface area contributed by atoms with E-state index in [4.69, 9.17) is 0 Å². The number of hydrogen-bond acceptors (Lipinski definition) is 3. The lowest BCUT2D eigenvalue weighted by atomic mass is 9.87. The average Bonchev–Trinajstić information content (AvgIpc) is 2.55. The molecule has 1 aromatic carbocycles. The maximum Gasteiger partial charge on any atom is 0.0655 e. The normalized spacial score (nSPS) is 21.8. The minimum atomic E-state index is 0.165. The van der Waals surface area contributed by atoms with E-state index in [-0.39, 0.29) is 5.41 Å². The molecule has 2 aliphatic rings. The van der Waals surface area contributed by atoms with E-state index in [9.17, 15) is 0 Å². The van der Waals surface area contributed by atoms with Crippen molar-refractivity contribution in [1.29, 1.82) is 0 Å². The molecule has 0 atom stereocenters. The summed E-state index contributed by atoms with van der Waals surface area (Å²) in [5.74, 6) is 0. The number of nitrogens with zero attached hydrogens (tertiary/aromatic N) is 3. The highest BCUT2D eigenvalue weighted by Gasteiger charge is 2.28. The van der Waals surface area contributed by atoms with Gasteiger partial charge in [0, 0.05) is 54.3 Å². The number of piperidine rings is 1. The molecule has 2 saturated heterocycles. The van der Waals surface area contributed by atoms with Crippen LogP contribution in [0.1, 0.15) is 39.2 Å². The van der Waals surface area contributed by atoms with Crippen LogP contribution in [0.25, 0.3) is 0 Å². The number of rotatable bonds is 2. The van der Waals surface area contributed by atoms with Crippen molar-refractivity contribution >= 4 is 37.5 Å². The Bertz CT molecular complexity index is 572. The van der Waals surface area contributed by atoms with Crippen LogP contribution in [0.3, 0.4) is 0 Å². The van der Waals surface area contributed by atoms with Crippen molar-refractivity contribution in [3.63, 3.8) is 0 Å². The summed E-state index contributed by atoms with van der Waals surface area (Å²) in [6.45, 7) is 14.0. The first-order valence-corrected chi connectivity index (χ1v) is 11.0. The molecule has 2 heterocycles. The molecule has 0 spiro atoms. The van der Waals surface area contributed by atoms with Crippen LogP contribution in [-0.2, 0) is 5.41 Å². The maximum absolute atomic E-state index is 3.84. The van der Waals surface area contributed by atoms with E-state index in [1.807, 2.05) is 0 Å². The lowest BCUT2D eigenvalue weighted by Crippen LogP contribution is -2.52. The van der Waals surface area contributed by atoms with Crippen LogP contribution >= 0.6 is 31.9 Å². The zero-order chi connectivity index (χ0) is 18.2. The molecule has 25 heavy (non-hydrogen) atoms. The Hall–Kier alpha value is -0.100. The third kappa shape index (κ3) is 4.60. The minimum absolute atomic E-state index is 0.165. The summed E-state index contributed by atoms with van der Waals surface area (Å²) in [5, 5.41) is 0. The second kappa shape index (κ2) is 7.87. The quantitative estimate of drug-likeness (QED) is 0.616. The third-order valence-corrected chi connectivity index (χ3v) is 6.93. The third-order valence-electron chi connectivity index (χ3n) is 5.72. The molecule has 0 unspecified atom stereocenters. The fourth-order valence-corrected chi connectivity index (χ4v) is 5.63. The number of benzene rings is 1. The number of anilines is 1. The molecule has 0 bridgehead atoms. The minimum Gasteiger partial charge on any atom is -0.370 e. The summed E-state index contributed by atoms with van der Waals surface area (Å²) in [4.78, 5) is 7.70. The van der Waals surface area contributed by atoms with Crippen molar-refractivity contribution in [2.24, 2.45) is 0 Å². The Morgan fingerprint density at radius 3 is 1.88 bits per heavy atom. The molecule has 140 valence electrons. The Morgan fingerprint density at radius 1 is 0.880 bits per heavy atom. The smallest absolute Gasteiger partial charge is 0.0655 e. The topological polar surface area (TPSA) is 9.72 Å². The molecule has 0 N–H and O–H groups in total. The van der Waals surface area contributed by atoms with E-state index in [1.165, 1.54) is 59.2 Å². The van der Waals surface area contributed by atoms with Crippen molar-refractivity contribution in [3.05, 3.63) is 26.6 Å². The molecule has 0 aliphatic carbocycles. The molecule has 3 rings (SSSR count). The van der Waals surface area contributed by atoms with Gasteiger partial charge in [0.25, 0.3) is 0 Å². The lowest BCUT2D eigenvalue weighted by molar-refractivity contribution is 0.0982. The van der Waals surface area contributed by atoms with Crippen LogP contribution in [0.2, 0.25) is 0 Å². The van der Waals surface area contributed by atoms with Crippen LogP contribution < -0.4 is 4.90 Å². The number of halogens is 2. The molecular weight excluding hydrogens is 442 g/mol. The summed E-state index contributed by atoms with van der Waals surface area (Å²) < 4.78 is 2.43. The molecule has 1 aromatic rings. The number of likely N-dealkylation sites (N-methyl/N-ethyl adjacent to an activating group) is 1. The average molecular weight is 473 g/mol. The van der Waals surface area contributed by atoms with Gasteiger partial charge in [-0.2, -0.15) is 0 Å². The van der Waals surface area contributed by atoms with Crippen molar-refractivity contribution in [3.8, 4) is 0 Å². The van der Waals surface area contributed by atoms with Crippen molar-refractivity contribution in [2.45, 2.75) is 45.1 Å². The van der Waals surface area contributed by atoms with Crippen LogP contribution in [-0.4, -0.2) is 62.2 Å². The maximum atomic E-state index is 3.84. The van der Waals surface area contributed by atoms with E-state index in [0.29, 0.717) is 0 Å². The highest BCUT2D eigenvalue weighted by atomic mass is 79.9. The van der Waals surface area contributed by atoms with E-state index in [1.54, 1.807) is 0 Å². The van der Waals surface area contributed by atoms with Gasteiger partial charge in [-0.25, -0.2) is 0 Å². The molecule has 5 heteroatoms. The Morgan fingerprint density at radius 2 is 1.40 bits per heavy atom. The van der Waals surface area contributed by atoms with Gasteiger partial charge >= 0.3 is 0 Å². The van der Waals surface area contributed by atoms with Gasteiger partial charge in [-0.05, 0) is 74.9 Å². The molecule has 2 fully saturated rings. The van der Waals surface area contributed by atoms with Gasteiger partial charge < -0.3 is 9.80 Å². The molecule has 0 radical (unpaired) electrons. The largest absolute Gasteiger partial charge is 0.370 e. The van der Waals surface area contributed by atoms with Crippen LogP contribution in [0.15, 0.2) is 21.1 Å². The summed E-state index contributed by atoms with van der Waals surface area (Å²) >= 11 is 7.67. The highest BCUT2D eigenvalue weighted by molar-refractivity contribution is 9.11. The molecule has 0 saturated carbocycles. The highest BCUT2D eigenvalue weighted by Crippen LogP contribution is 2.40.